The summed E-state index contributed by atoms with van der Waals surface area (Å²) in [6, 6.07) is 15.9. The average Bonchev–Trinajstić information content (AvgIpc) is 3.03. The molecule has 0 saturated carbocycles. The van der Waals surface area contributed by atoms with Crippen LogP contribution in [-0.2, 0) is 17.6 Å². The number of amides is 1. The van der Waals surface area contributed by atoms with E-state index in [1.54, 1.807) is 7.11 Å². The molecule has 0 aliphatic carbocycles. The highest BCUT2D eigenvalue weighted by Crippen LogP contribution is 2.14. The minimum absolute atomic E-state index is 0.0397. The second kappa shape index (κ2) is 7.01. The number of rotatable bonds is 6. The van der Waals surface area contributed by atoms with Crippen molar-refractivity contribution in [2.45, 2.75) is 12.8 Å². The lowest BCUT2D eigenvalue weighted by molar-refractivity contribution is -0.120. The number of fused-ring (bicyclic) bond motifs is 1. The van der Waals surface area contributed by atoms with Crippen molar-refractivity contribution in [2.75, 3.05) is 13.7 Å². The smallest absolute Gasteiger partial charge is 0.224 e. The number of aromatic amines is 1. The van der Waals surface area contributed by atoms with Crippen molar-refractivity contribution in [3.63, 3.8) is 0 Å². The lowest BCUT2D eigenvalue weighted by atomic mass is 10.1. The van der Waals surface area contributed by atoms with Gasteiger partial charge in [0.25, 0.3) is 0 Å². The molecule has 0 aliphatic heterocycles. The van der Waals surface area contributed by atoms with Crippen LogP contribution in [0.2, 0.25) is 0 Å². The standard InChI is InChI=1S/C19H20N2O2/c1-23-17-5-2-14(3-6-17)13-19(22)21-10-8-15-4-7-18-16(12-15)9-11-20-18/h2-7,9,11-12,20H,8,10,13H2,1H3,(H,21,22). The number of benzene rings is 2. The second-order valence-electron chi connectivity index (χ2n) is 5.52. The average molecular weight is 308 g/mol. The summed E-state index contributed by atoms with van der Waals surface area (Å²) in [6.45, 7) is 0.644. The molecule has 2 N–H and O–H groups in total. The topological polar surface area (TPSA) is 54.1 Å². The van der Waals surface area contributed by atoms with Gasteiger partial charge in [0.15, 0.2) is 0 Å². The lowest BCUT2D eigenvalue weighted by Gasteiger charge is -2.06. The molecule has 0 saturated heterocycles. The van der Waals surface area contributed by atoms with Crippen LogP contribution in [-0.4, -0.2) is 24.5 Å². The first kappa shape index (κ1) is 15.2. The van der Waals surface area contributed by atoms with Crippen LogP contribution >= 0.6 is 0 Å². The van der Waals surface area contributed by atoms with Crippen molar-refractivity contribution in [1.29, 1.82) is 0 Å². The fourth-order valence-corrected chi connectivity index (χ4v) is 2.60. The largest absolute Gasteiger partial charge is 0.497 e. The van der Waals surface area contributed by atoms with Gasteiger partial charge in [-0.2, -0.15) is 0 Å². The van der Waals surface area contributed by atoms with Gasteiger partial charge in [-0.05, 0) is 53.3 Å². The Hall–Kier alpha value is -2.75. The van der Waals surface area contributed by atoms with Crippen LogP contribution in [0.25, 0.3) is 10.9 Å². The maximum Gasteiger partial charge on any atom is 0.224 e. The molecular weight excluding hydrogens is 288 g/mol. The number of aromatic nitrogens is 1. The molecule has 0 radical (unpaired) electrons. The van der Waals surface area contributed by atoms with Crippen LogP contribution in [0.15, 0.2) is 54.7 Å². The van der Waals surface area contributed by atoms with Crippen LogP contribution in [0.5, 0.6) is 5.75 Å². The maximum absolute atomic E-state index is 12.0. The zero-order valence-electron chi connectivity index (χ0n) is 13.1. The summed E-state index contributed by atoms with van der Waals surface area (Å²) in [7, 11) is 1.63. The number of carbonyl (C=O) groups is 1. The van der Waals surface area contributed by atoms with E-state index in [4.69, 9.17) is 4.74 Å². The quantitative estimate of drug-likeness (QED) is 0.735. The number of nitrogens with one attached hydrogen (secondary N) is 2. The molecule has 0 unspecified atom stereocenters. The predicted octanol–water partition coefficient (Wildman–Crippen LogP) is 3.08. The lowest BCUT2D eigenvalue weighted by Crippen LogP contribution is -2.27. The third-order valence-electron chi connectivity index (χ3n) is 3.88. The number of hydrogen-bond donors (Lipinski definition) is 2. The van der Waals surface area contributed by atoms with Gasteiger partial charge in [0.2, 0.25) is 5.91 Å². The molecule has 0 aliphatic rings. The summed E-state index contributed by atoms with van der Waals surface area (Å²) in [5.74, 6) is 0.840. The van der Waals surface area contributed by atoms with Crippen molar-refractivity contribution in [3.8, 4) is 5.75 Å². The van der Waals surface area contributed by atoms with E-state index >= 15 is 0 Å². The summed E-state index contributed by atoms with van der Waals surface area (Å²) in [5, 5.41) is 4.17. The number of methoxy groups -OCH3 is 1. The van der Waals surface area contributed by atoms with Gasteiger partial charge < -0.3 is 15.0 Å². The van der Waals surface area contributed by atoms with E-state index in [1.165, 1.54) is 10.9 Å². The highest BCUT2D eigenvalue weighted by Gasteiger charge is 2.04. The van der Waals surface area contributed by atoms with E-state index < -0.39 is 0 Å². The predicted molar refractivity (Wildman–Crippen MR) is 91.7 cm³/mol. The Morgan fingerprint density at radius 3 is 2.65 bits per heavy atom. The summed E-state index contributed by atoms with van der Waals surface area (Å²) in [6.07, 6.45) is 3.15. The van der Waals surface area contributed by atoms with Gasteiger partial charge in [0, 0.05) is 18.3 Å². The first-order valence-electron chi connectivity index (χ1n) is 7.70. The summed E-state index contributed by atoms with van der Waals surface area (Å²) < 4.78 is 5.11. The highest BCUT2D eigenvalue weighted by molar-refractivity contribution is 5.80. The SMILES string of the molecule is COc1ccc(CC(=O)NCCc2ccc3[nH]ccc3c2)cc1. The fourth-order valence-electron chi connectivity index (χ4n) is 2.60. The van der Waals surface area contributed by atoms with Crippen LogP contribution < -0.4 is 10.1 Å². The zero-order chi connectivity index (χ0) is 16.1. The summed E-state index contributed by atoms with van der Waals surface area (Å²) >= 11 is 0. The Bertz CT molecular complexity index is 790. The van der Waals surface area contributed by atoms with Crippen molar-refractivity contribution >= 4 is 16.8 Å². The minimum Gasteiger partial charge on any atom is -0.497 e. The van der Waals surface area contributed by atoms with Crippen molar-refractivity contribution < 1.29 is 9.53 Å². The molecule has 23 heavy (non-hydrogen) atoms. The first-order chi connectivity index (χ1) is 11.2. The van der Waals surface area contributed by atoms with E-state index in [-0.39, 0.29) is 5.91 Å². The Morgan fingerprint density at radius 2 is 1.87 bits per heavy atom. The Morgan fingerprint density at radius 1 is 1.09 bits per heavy atom. The normalized spacial score (nSPS) is 10.7. The molecule has 3 aromatic rings. The number of H-pyrrole nitrogens is 1. The number of carbonyl (C=O) groups excluding carboxylic acids is 1. The highest BCUT2D eigenvalue weighted by atomic mass is 16.5. The molecule has 2 aromatic carbocycles. The van der Waals surface area contributed by atoms with Crippen LogP contribution in [0.4, 0.5) is 0 Å². The molecule has 0 atom stereocenters. The first-order valence-corrected chi connectivity index (χ1v) is 7.70. The third kappa shape index (κ3) is 3.92. The maximum atomic E-state index is 12.0. The van der Waals surface area contributed by atoms with Gasteiger partial charge in [-0.1, -0.05) is 18.2 Å². The van der Waals surface area contributed by atoms with Gasteiger partial charge in [0.1, 0.15) is 5.75 Å². The molecule has 1 heterocycles. The van der Waals surface area contributed by atoms with Crippen molar-refractivity contribution in [2.24, 2.45) is 0 Å². The van der Waals surface area contributed by atoms with E-state index in [1.807, 2.05) is 30.5 Å². The van der Waals surface area contributed by atoms with Crippen LogP contribution in [0.3, 0.4) is 0 Å². The van der Waals surface area contributed by atoms with E-state index in [9.17, 15) is 4.79 Å². The summed E-state index contributed by atoms with van der Waals surface area (Å²) in [4.78, 5) is 15.2. The molecule has 118 valence electrons. The van der Waals surface area contributed by atoms with E-state index in [2.05, 4.69) is 34.6 Å². The van der Waals surface area contributed by atoms with Gasteiger partial charge in [-0.3, -0.25) is 4.79 Å². The number of hydrogen-bond acceptors (Lipinski definition) is 2. The molecule has 4 heteroatoms. The molecule has 1 aromatic heterocycles. The molecule has 0 fully saturated rings. The van der Waals surface area contributed by atoms with Crippen molar-refractivity contribution in [1.82, 2.24) is 10.3 Å². The Kier molecular flexibility index (Phi) is 4.62. The van der Waals surface area contributed by atoms with Gasteiger partial charge in [-0.25, -0.2) is 0 Å². The molecular formula is C19H20N2O2. The van der Waals surface area contributed by atoms with Gasteiger partial charge in [0.05, 0.1) is 13.5 Å². The van der Waals surface area contributed by atoms with Crippen molar-refractivity contribution in [3.05, 3.63) is 65.9 Å². The number of ether oxygens (including phenoxy) is 1. The summed E-state index contributed by atoms with van der Waals surface area (Å²) in [5.41, 5.74) is 3.34. The van der Waals surface area contributed by atoms with Crippen LogP contribution in [0.1, 0.15) is 11.1 Å². The Balaban J connectivity index is 1.48. The van der Waals surface area contributed by atoms with Gasteiger partial charge in [-0.15, -0.1) is 0 Å². The third-order valence-corrected chi connectivity index (χ3v) is 3.88. The second-order valence-corrected chi connectivity index (χ2v) is 5.52. The van der Waals surface area contributed by atoms with Crippen LogP contribution in [0, 0.1) is 0 Å². The fraction of sp³-hybridized carbons (Fsp3) is 0.211. The molecule has 1 amide bonds. The minimum atomic E-state index is 0.0397. The van der Waals surface area contributed by atoms with Gasteiger partial charge >= 0.3 is 0 Å². The zero-order valence-corrected chi connectivity index (χ0v) is 13.1. The molecule has 0 spiro atoms. The van der Waals surface area contributed by atoms with E-state index in [0.717, 1.165) is 23.3 Å². The van der Waals surface area contributed by atoms with E-state index in [0.29, 0.717) is 13.0 Å². The molecule has 4 nitrogen and oxygen atoms in total. The monoisotopic (exact) mass is 308 g/mol. The Labute approximate surface area is 135 Å². The molecule has 0 bridgehead atoms. The molecule has 3 rings (SSSR count).